The second kappa shape index (κ2) is 9.55. The van der Waals surface area contributed by atoms with Gasteiger partial charge in [0.2, 0.25) is 5.91 Å². The van der Waals surface area contributed by atoms with E-state index in [1.807, 2.05) is 19.3 Å². The first-order chi connectivity index (χ1) is 18.1. The van der Waals surface area contributed by atoms with Gasteiger partial charge in [-0.15, -0.1) is 0 Å². The van der Waals surface area contributed by atoms with E-state index in [0.717, 1.165) is 10.1 Å². The highest BCUT2D eigenvalue weighted by atomic mass is 19.1. The van der Waals surface area contributed by atoms with E-state index in [4.69, 9.17) is 5.26 Å². The van der Waals surface area contributed by atoms with Gasteiger partial charge in [0.05, 0.1) is 36.7 Å². The van der Waals surface area contributed by atoms with Gasteiger partial charge in [-0.1, -0.05) is 12.1 Å². The van der Waals surface area contributed by atoms with Crippen LogP contribution >= 0.6 is 0 Å². The topological polar surface area (TPSA) is 126 Å². The Balaban J connectivity index is 1.50. The van der Waals surface area contributed by atoms with Crippen LogP contribution in [0.15, 0.2) is 59.9 Å². The molecule has 1 aromatic carbocycles. The number of benzene rings is 1. The standard InChI is InChI=1S/C27H24FN7O3/c1-27(28)14-34(15-27)23(36)13-35-24-19(7-20(11-30-24)22-12-33(2)16-32-22)8-21(26(35)38)25(37)31-10-18-5-3-17(9-29)4-6-18/h3-8,11-12,16H,10,13-15H2,1-2H3,(H,31,37). The van der Waals surface area contributed by atoms with Crippen molar-refractivity contribution in [3.63, 3.8) is 0 Å². The Morgan fingerprint density at radius 3 is 2.55 bits per heavy atom. The van der Waals surface area contributed by atoms with E-state index >= 15 is 0 Å². The SMILES string of the molecule is Cn1cnc(-c2cnc3c(c2)cc(C(=O)NCc2ccc(C#N)cc2)c(=O)n3CC(=O)N2CC(C)(F)C2)c1. The van der Waals surface area contributed by atoms with Crippen molar-refractivity contribution in [2.75, 3.05) is 13.1 Å². The van der Waals surface area contributed by atoms with Crippen molar-refractivity contribution in [2.45, 2.75) is 25.7 Å². The van der Waals surface area contributed by atoms with Crippen LogP contribution in [0.25, 0.3) is 22.3 Å². The number of amides is 2. The van der Waals surface area contributed by atoms with Crippen LogP contribution in [0.1, 0.15) is 28.4 Å². The van der Waals surface area contributed by atoms with Crippen LogP contribution in [0, 0.1) is 11.3 Å². The summed E-state index contributed by atoms with van der Waals surface area (Å²) in [6.45, 7) is 1.06. The zero-order valence-electron chi connectivity index (χ0n) is 20.8. The normalized spacial score (nSPS) is 14.1. The molecule has 0 radical (unpaired) electrons. The smallest absolute Gasteiger partial charge is 0.265 e. The Kier molecular flexibility index (Phi) is 6.24. The average Bonchev–Trinajstić information content (AvgIpc) is 3.33. The molecule has 38 heavy (non-hydrogen) atoms. The highest BCUT2D eigenvalue weighted by molar-refractivity contribution is 5.97. The van der Waals surface area contributed by atoms with Crippen LogP contribution in [0.3, 0.4) is 0 Å². The molecule has 3 aromatic heterocycles. The van der Waals surface area contributed by atoms with Crippen molar-refractivity contribution in [1.82, 2.24) is 29.3 Å². The molecule has 0 spiro atoms. The number of nitrogens with one attached hydrogen (secondary N) is 1. The fraction of sp³-hybridized carbons (Fsp3) is 0.259. The summed E-state index contributed by atoms with van der Waals surface area (Å²) in [5.41, 5.74) is 0.525. The summed E-state index contributed by atoms with van der Waals surface area (Å²) in [5, 5.41) is 12.2. The van der Waals surface area contributed by atoms with Crippen LogP contribution in [-0.2, 0) is 24.9 Å². The van der Waals surface area contributed by atoms with Crippen molar-refractivity contribution >= 4 is 22.8 Å². The fourth-order valence-electron chi connectivity index (χ4n) is 4.41. The highest BCUT2D eigenvalue weighted by Crippen LogP contribution is 2.25. The maximum absolute atomic E-state index is 14.0. The molecule has 0 aliphatic carbocycles. The fourth-order valence-corrected chi connectivity index (χ4v) is 4.41. The Labute approximate surface area is 217 Å². The number of carbonyl (C=O) groups is 2. The number of carbonyl (C=O) groups excluding carboxylic acids is 2. The lowest BCUT2D eigenvalue weighted by Crippen LogP contribution is -2.60. The number of nitrogens with zero attached hydrogens (tertiary/aromatic N) is 6. The maximum atomic E-state index is 14.0. The van der Waals surface area contributed by atoms with Gasteiger partial charge in [-0.3, -0.25) is 19.0 Å². The summed E-state index contributed by atoms with van der Waals surface area (Å²) < 4.78 is 16.9. The Morgan fingerprint density at radius 1 is 1.18 bits per heavy atom. The molecule has 1 N–H and O–H groups in total. The molecular weight excluding hydrogens is 489 g/mol. The van der Waals surface area contributed by atoms with Gasteiger partial charge in [-0.25, -0.2) is 14.4 Å². The molecular formula is C27H24FN7O3. The summed E-state index contributed by atoms with van der Waals surface area (Å²) in [6.07, 6.45) is 5.01. The summed E-state index contributed by atoms with van der Waals surface area (Å²) in [7, 11) is 1.84. The lowest BCUT2D eigenvalue weighted by atomic mass is 9.99. The van der Waals surface area contributed by atoms with Gasteiger partial charge in [-0.2, -0.15) is 5.26 Å². The molecule has 0 unspecified atom stereocenters. The monoisotopic (exact) mass is 513 g/mol. The third kappa shape index (κ3) is 4.88. The van der Waals surface area contributed by atoms with Crippen molar-refractivity contribution in [3.05, 3.63) is 82.2 Å². The zero-order chi connectivity index (χ0) is 27.0. The predicted molar refractivity (Wildman–Crippen MR) is 137 cm³/mol. The molecule has 192 valence electrons. The molecule has 0 bridgehead atoms. The van der Waals surface area contributed by atoms with E-state index in [1.54, 1.807) is 47.4 Å². The molecule has 1 aliphatic heterocycles. The molecule has 0 saturated carbocycles. The highest BCUT2D eigenvalue weighted by Gasteiger charge is 2.41. The number of imidazole rings is 1. The minimum atomic E-state index is -1.45. The van der Waals surface area contributed by atoms with Crippen LogP contribution in [0.2, 0.25) is 0 Å². The summed E-state index contributed by atoms with van der Waals surface area (Å²) >= 11 is 0. The van der Waals surface area contributed by atoms with Gasteiger partial charge in [0.1, 0.15) is 23.4 Å². The number of pyridine rings is 2. The van der Waals surface area contributed by atoms with Crippen LogP contribution < -0.4 is 10.9 Å². The molecule has 5 rings (SSSR count). The van der Waals surface area contributed by atoms with E-state index in [9.17, 15) is 18.8 Å². The summed E-state index contributed by atoms with van der Waals surface area (Å²) in [6, 6.07) is 11.9. The Morgan fingerprint density at radius 2 is 1.92 bits per heavy atom. The first kappa shape index (κ1) is 24.8. The first-order valence-electron chi connectivity index (χ1n) is 11.9. The number of likely N-dealkylation sites (tertiary alicyclic amines) is 1. The van der Waals surface area contributed by atoms with Gasteiger partial charge < -0.3 is 14.8 Å². The van der Waals surface area contributed by atoms with Gasteiger partial charge in [0.15, 0.2) is 0 Å². The first-order valence-corrected chi connectivity index (χ1v) is 11.9. The molecule has 0 atom stereocenters. The molecule has 1 fully saturated rings. The second-order valence-electron chi connectivity index (χ2n) is 9.67. The largest absolute Gasteiger partial charge is 0.348 e. The summed E-state index contributed by atoms with van der Waals surface area (Å²) in [4.78, 5) is 49.5. The number of halogens is 1. The second-order valence-corrected chi connectivity index (χ2v) is 9.67. The van der Waals surface area contributed by atoms with E-state index < -0.39 is 23.0 Å². The molecule has 10 nitrogen and oxygen atoms in total. The van der Waals surface area contributed by atoms with Crippen molar-refractivity contribution < 1.29 is 14.0 Å². The molecule has 2 amide bonds. The van der Waals surface area contributed by atoms with Gasteiger partial charge in [-0.05, 0) is 36.8 Å². The molecule has 4 aromatic rings. The molecule has 1 saturated heterocycles. The lowest BCUT2D eigenvalue weighted by Gasteiger charge is -2.42. The molecule has 11 heteroatoms. The minimum absolute atomic E-state index is 0.0550. The van der Waals surface area contributed by atoms with Crippen LogP contribution in [0.4, 0.5) is 4.39 Å². The number of rotatable bonds is 6. The average molecular weight is 514 g/mol. The number of hydrogen-bond donors (Lipinski definition) is 1. The number of aryl methyl sites for hydroxylation is 1. The van der Waals surface area contributed by atoms with E-state index in [0.29, 0.717) is 22.2 Å². The number of hydrogen-bond acceptors (Lipinski definition) is 6. The van der Waals surface area contributed by atoms with Gasteiger partial charge in [0, 0.05) is 36.9 Å². The predicted octanol–water partition coefficient (Wildman–Crippen LogP) is 2.17. The van der Waals surface area contributed by atoms with E-state index in [-0.39, 0.29) is 37.4 Å². The zero-order valence-corrected chi connectivity index (χ0v) is 20.8. The van der Waals surface area contributed by atoms with Crippen molar-refractivity contribution in [1.29, 1.82) is 5.26 Å². The Hall–Kier alpha value is -4.85. The number of fused-ring (bicyclic) bond motifs is 1. The summed E-state index contributed by atoms with van der Waals surface area (Å²) in [5.74, 6) is -1.06. The lowest BCUT2D eigenvalue weighted by molar-refractivity contribution is -0.144. The Bertz CT molecular complexity index is 1660. The van der Waals surface area contributed by atoms with Crippen LogP contribution in [0.5, 0.6) is 0 Å². The minimum Gasteiger partial charge on any atom is -0.348 e. The van der Waals surface area contributed by atoms with E-state index in [1.165, 1.54) is 17.9 Å². The molecule has 1 aliphatic rings. The quantitative estimate of drug-likeness (QED) is 0.421. The number of aromatic nitrogens is 4. The van der Waals surface area contributed by atoms with Gasteiger partial charge >= 0.3 is 0 Å². The maximum Gasteiger partial charge on any atom is 0.265 e. The van der Waals surface area contributed by atoms with Crippen LogP contribution in [-0.4, -0.2) is 54.6 Å². The number of nitriles is 1. The molecule has 4 heterocycles. The van der Waals surface area contributed by atoms with Gasteiger partial charge in [0.25, 0.3) is 11.5 Å². The van der Waals surface area contributed by atoms with E-state index in [2.05, 4.69) is 15.3 Å². The third-order valence-corrected chi connectivity index (χ3v) is 6.39. The van der Waals surface area contributed by atoms with Crippen molar-refractivity contribution in [3.8, 4) is 17.3 Å². The van der Waals surface area contributed by atoms with Crippen molar-refractivity contribution in [2.24, 2.45) is 7.05 Å². The number of alkyl halides is 1. The third-order valence-electron chi connectivity index (χ3n) is 6.39.